The van der Waals surface area contributed by atoms with Crippen molar-refractivity contribution in [3.63, 3.8) is 0 Å². The third-order valence-electron chi connectivity index (χ3n) is 5.83. The van der Waals surface area contributed by atoms with Crippen LogP contribution in [-0.2, 0) is 9.53 Å². The lowest BCUT2D eigenvalue weighted by Crippen LogP contribution is -2.30. The molecule has 9 nitrogen and oxygen atoms in total. The van der Waals surface area contributed by atoms with Crippen LogP contribution in [0, 0.1) is 11.3 Å². The summed E-state index contributed by atoms with van der Waals surface area (Å²) in [5.74, 6) is -0.268. The zero-order valence-electron chi connectivity index (χ0n) is 21.8. The monoisotopic (exact) mass is 690 g/mol. The molecule has 0 bridgehead atoms. The van der Waals surface area contributed by atoms with Gasteiger partial charge in [0.25, 0.3) is 0 Å². The van der Waals surface area contributed by atoms with Crippen molar-refractivity contribution < 1.29 is 24.2 Å². The highest BCUT2D eigenvalue weighted by atomic mass is 79.9. The summed E-state index contributed by atoms with van der Waals surface area (Å²) in [7, 11) is 0. The number of hydrogen-bond acceptors (Lipinski definition) is 7. The van der Waals surface area contributed by atoms with E-state index in [2.05, 4.69) is 42.5 Å². The van der Waals surface area contributed by atoms with Crippen molar-refractivity contribution in [2.24, 2.45) is 0 Å². The molecule has 0 aliphatic heterocycles. The normalized spacial score (nSPS) is 12.1. The molecule has 11 heteroatoms. The Morgan fingerprint density at radius 3 is 2.33 bits per heavy atom. The highest BCUT2D eigenvalue weighted by Crippen LogP contribution is 2.39. The van der Waals surface area contributed by atoms with Gasteiger partial charge in [0.1, 0.15) is 11.5 Å². The molecule has 0 unspecified atom stereocenters. The highest BCUT2D eigenvalue weighted by Gasteiger charge is 2.31. The first-order valence-electron chi connectivity index (χ1n) is 12.4. The fraction of sp³-hybridized carbons (Fsp3) is 0.0645. The molecule has 0 aliphatic rings. The number of nitrogen functional groups attached to an aromatic ring is 1. The molecule has 2 atom stereocenters. The molecule has 0 saturated heterocycles. The molecule has 42 heavy (non-hydrogen) atoms. The number of aromatic hydroxyl groups is 1. The Bertz CT molecular complexity index is 1640. The van der Waals surface area contributed by atoms with E-state index in [1.54, 1.807) is 84.9 Å². The van der Waals surface area contributed by atoms with Gasteiger partial charge in [-0.15, -0.1) is 0 Å². The molecule has 4 aromatic carbocycles. The summed E-state index contributed by atoms with van der Waals surface area (Å²) in [5, 5.41) is 25.4. The first kappa shape index (κ1) is 30.2. The number of amides is 2. The fourth-order valence-corrected chi connectivity index (χ4v) is 5.08. The van der Waals surface area contributed by atoms with Gasteiger partial charge in [0, 0.05) is 21.8 Å². The van der Waals surface area contributed by atoms with Crippen molar-refractivity contribution in [3.8, 4) is 17.6 Å². The number of nitrogens with two attached hydrogens (primary N) is 1. The largest absolute Gasteiger partial charge is 0.506 e. The number of phenolic OH excluding ortho intramolecular Hbond substituents is 1. The fourth-order valence-electron chi connectivity index (χ4n) is 3.83. The molecular weight excluding hydrogens is 668 g/mol. The topological polar surface area (TPSA) is 147 Å². The summed E-state index contributed by atoms with van der Waals surface area (Å²) < 4.78 is 13.0. The maximum Gasteiger partial charge on any atom is 0.412 e. The molecule has 4 rings (SSSR count). The Kier molecular flexibility index (Phi) is 10.2. The van der Waals surface area contributed by atoms with Crippen LogP contribution >= 0.6 is 31.9 Å². The third kappa shape index (κ3) is 8.13. The molecule has 212 valence electrons. The van der Waals surface area contributed by atoms with Crippen LogP contribution in [0.3, 0.4) is 0 Å². The van der Waals surface area contributed by atoms with E-state index in [-0.39, 0.29) is 11.3 Å². The molecule has 0 fully saturated rings. The lowest BCUT2D eigenvalue weighted by Gasteiger charge is -2.27. The quantitative estimate of drug-likeness (QED) is 0.106. The van der Waals surface area contributed by atoms with Crippen molar-refractivity contribution in [1.82, 2.24) is 0 Å². The van der Waals surface area contributed by atoms with E-state index in [0.717, 1.165) is 0 Å². The number of carbonyl (C=O) groups excluding carboxylic acids is 2. The molecule has 0 spiro atoms. The second kappa shape index (κ2) is 14.2. The third-order valence-corrected chi connectivity index (χ3v) is 6.89. The van der Waals surface area contributed by atoms with E-state index in [9.17, 15) is 14.7 Å². The Hall–Kier alpha value is -4.79. The van der Waals surface area contributed by atoms with Gasteiger partial charge < -0.3 is 25.6 Å². The number of rotatable bonds is 9. The summed E-state index contributed by atoms with van der Waals surface area (Å²) >= 11 is 6.74. The average molecular weight is 692 g/mol. The van der Waals surface area contributed by atoms with Crippen LogP contribution in [0.1, 0.15) is 17.2 Å². The van der Waals surface area contributed by atoms with Gasteiger partial charge in [-0.3, -0.25) is 10.1 Å². The Morgan fingerprint density at radius 2 is 1.64 bits per heavy atom. The van der Waals surface area contributed by atoms with Crippen LogP contribution in [0.25, 0.3) is 0 Å². The zero-order valence-corrected chi connectivity index (χ0v) is 25.0. The number of hydrogen-bond donors (Lipinski definition) is 4. The number of ether oxygens (including phenoxy) is 2. The summed E-state index contributed by atoms with van der Waals surface area (Å²) in [5.41, 5.74) is 7.77. The molecule has 2 amide bonds. The number of nitriles is 1. The number of phenols is 1. The molecule has 0 aliphatic carbocycles. The standard InChI is InChI=1S/C31H24Br2N4O5/c32-20-16-23(29(39)24(33)17-20)30(42-31(40)36-21-12-10-19(18-34)11-13-21)27(41-22-6-2-1-3-7-22)14-15-28(38)37-26-9-5-4-8-25(26)35/h1-17,27,30,39H,35H2,(H,36,40)(H,37,38)/b15-14+/t27-,30-/m1/s1. The Balaban J connectivity index is 1.70. The Morgan fingerprint density at radius 1 is 0.952 bits per heavy atom. The predicted molar refractivity (Wildman–Crippen MR) is 167 cm³/mol. The van der Waals surface area contributed by atoms with E-state index >= 15 is 0 Å². The number of anilines is 3. The van der Waals surface area contributed by atoms with E-state index < -0.39 is 24.2 Å². The summed E-state index contributed by atoms with van der Waals surface area (Å²) in [6.45, 7) is 0. The van der Waals surface area contributed by atoms with Crippen molar-refractivity contribution in [2.45, 2.75) is 12.2 Å². The minimum Gasteiger partial charge on any atom is -0.506 e. The second-order valence-corrected chi connectivity index (χ2v) is 10.6. The lowest BCUT2D eigenvalue weighted by molar-refractivity contribution is -0.112. The van der Waals surface area contributed by atoms with Gasteiger partial charge in [-0.05, 0) is 82.7 Å². The van der Waals surface area contributed by atoms with Crippen molar-refractivity contribution in [1.29, 1.82) is 5.26 Å². The molecule has 0 aromatic heterocycles. The van der Waals surface area contributed by atoms with Gasteiger partial charge in [-0.1, -0.05) is 46.3 Å². The van der Waals surface area contributed by atoms with Gasteiger partial charge in [0.15, 0.2) is 12.2 Å². The van der Waals surface area contributed by atoms with E-state index in [4.69, 9.17) is 20.5 Å². The van der Waals surface area contributed by atoms with E-state index in [1.807, 2.05) is 12.1 Å². The van der Waals surface area contributed by atoms with E-state index in [0.29, 0.717) is 37.3 Å². The van der Waals surface area contributed by atoms with Crippen molar-refractivity contribution in [3.05, 3.63) is 123 Å². The van der Waals surface area contributed by atoms with Gasteiger partial charge in [0.2, 0.25) is 5.91 Å². The van der Waals surface area contributed by atoms with E-state index in [1.165, 1.54) is 12.2 Å². The van der Waals surface area contributed by atoms with Crippen LogP contribution in [-0.4, -0.2) is 23.2 Å². The highest BCUT2D eigenvalue weighted by molar-refractivity contribution is 9.11. The van der Waals surface area contributed by atoms with Crippen LogP contribution in [0.15, 0.2) is 112 Å². The smallest absolute Gasteiger partial charge is 0.412 e. The summed E-state index contributed by atoms with van der Waals surface area (Å²) in [6.07, 6.45) is -0.543. The van der Waals surface area contributed by atoms with Crippen LogP contribution in [0.2, 0.25) is 0 Å². The SMILES string of the molecule is N#Cc1ccc(NC(=O)O[C@H](c2cc(Br)cc(Br)c2O)[C@@H](/C=C/C(=O)Nc2ccccc2N)Oc2ccccc2)cc1. The van der Waals surface area contributed by atoms with Crippen LogP contribution in [0.5, 0.6) is 11.5 Å². The summed E-state index contributed by atoms with van der Waals surface area (Å²) in [4.78, 5) is 26.0. The number of carbonyl (C=O) groups is 2. The molecule has 0 saturated carbocycles. The number of nitrogens with one attached hydrogen (secondary N) is 2. The number of nitrogens with zero attached hydrogens (tertiary/aromatic N) is 1. The minimum absolute atomic E-state index is 0.189. The van der Waals surface area contributed by atoms with Crippen LogP contribution < -0.4 is 21.1 Å². The van der Waals surface area contributed by atoms with Gasteiger partial charge in [0.05, 0.1) is 27.5 Å². The second-order valence-electron chi connectivity index (χ2n) is 8.80. The first-order valence-corrected chi connectivity index (χ1v) is 14.0. The van der Waals surface area contributed by atoms with Crippen molar-refractivity contribution >= 4 is 60.9 Å². The molecule has 0 heterocycles. The molecule has 4 aromatic rings. The predicted octanol–water partition coefficient (Wildman–Crippen LogP) is 7.30. The number of benzene rings is 4. The maximum absolute atomic E-state index is 13.1. The van der Waals surface area contributed by atoms with Crippen molar-refractivity contribution in [2.75, 3.05) is 16.4 Å². The minimum atomic E-state index is -1.25. The molecular formula is C31H24Br2N4O5. The molecule has 0 radical (unpaired) electrons. The van der Waals surface area contributed by atoms with Crippen LogP contribution in [0.4, 0.5) is 21.9 Å². The molecule has 5 N–H and O–H groups in total. The average Bonchev–Trinajstić information content (AvgIpc) is 2.98. The first-order chi connectivity index (χ1) is 20.2. The maximum atomic E-state index is 13.1. The summed E-state index contributed by atoms with van der Waals surface area (Å²) in [6, 6.07) is 27.0. The number of para-hydroxylation sites is 3. The number of halogens is 2. The Labute approximate surface area is 258 Å². The van der Waals surface area contributed by atoms with Gasteiger partial charge in [-0.2, -0.15) is 5.26 Å². The zero-order chi connectivity index (χ0) is 30.1. The van der Waals surface area contributed by atoms with Gasteiger partial charge >= 0.3 is 6.09 Å². The lowest BCUT2D eigenvalue weighted by atomic mass is 10.0. The van der Waals surface area contributed by atoms with Gasteiger partial charge in [-0.25, -0.2) is 4.79 Å².